The molecule has 0 aliphatic rings. The summed E-state index contributed by atoms with van der Waals surface area (Å²) in [6.07, 6.45) is 0. The fourth-order valence-corrected chi connectivity index (χ4v) is 3.07. The minimum Gasteiger partial charge on any atom is -0.480 e. The van der Waals surface area contributed by atoms with Gasteiger partial charge in [-0.05, 0) is 12.5 Å². The van der Waals surface area contributed by atoms with Crippen LogP contribution < -0.4 is 15.8 Å². The first kappa shape index (κ1) is 15.6. The van der Waals surface area contributed by atoms with Gasteiger partial charge in [0.25, 0.3) is 5.91 Å². The summed E-state index contributed by atoms with van der Waals surface area (Å²) in [4.78, 5) is 22.2. The molecule has 0 aliphatic heterocycles. The summed E-state index contributed by atoms with van der Waals surface area (Å²) in [5.41, 5.74) is 6.21. The summed E-state index contributed by atoms with van der Waals surface area (Å²) in [5, 5.41) is 3.52. The predicted octanol–water partition coefficient (Wildman–Crippen LogP) is 0.843. The predicted molar refractivity (Wildman–Crippen MR) is 80.8 cm³/mol. The van der Waals surface area contributed by atoms with Crippen LogP contribution in [0.15, 0.2) is 0 Å². The topological polar surface area (TPSA) is 99.4 Å². The van der Waals surface area contributed by atoms with Crippen molar-refractivity contribution < 1.29 is 14.3 Å². The number of thiophene rings is 1. The van der Waals surface area contributed by atoms with Crippen LogP contribution in [0.1, 0.15) is 21.1 Å². The maximum atomic E-state index is 12.1. The van der Waals surface area contributed by atoms with Gasteiger partial charge in [0, 0.05) is 20.2 Å². The number of carbonyl (C=O) groups is 1. The molecule has 0 aliphatic carbocycles. The minimum atomic E-state index is -0.156. The van der Waals surface area contributed by atoms with Gasteiger partial charge in [0.05, 0.1) is 17.4 Å². The first-order chi connectivity index (χ1) is 10.1. The zero-order valence-electron chi connectivity index (χ0n) is 12.2. The van der Waals surface area contributed by atoms with E-state index in [1.807, 2.05) is 6.92 Å². The molecule has 8 heteroatoms. The van der Waals surface area contributed by atoms with Crippen molar-refractivity contribution in [1.82, 2.24) is 15.3 Å². The van der Waals surface area contributed by atoms with Gasteiger partial charge >= 0.3 is 0 Å². The van der Waals surface area contributed by atoms with Gasteiger partial charge in [-0.3, -0.25) is 4.79 Å². The van der Waals surface area contributed by atoms with Gasteiger partial charge in [0.1, 0.15) is 11.4 Å². The highest BCUT2D eigenvalue weighted by Crippen LogP contribution is 2.34. The number of methoxy groups -OCH3 is 2. The molecule has 114 valence electrons. The highest BCUT2D eigenvalue weighted by molar-refractivity contribution is 7.20. The second-order valence-electron chi connectivity index (χ2n) is 4.36. The molecule has 0 atom stereocenters. The molecule has 21 heavy (non-hydrogen) atoms. The molecule has 2 aromatic rings. The Balaban J connectivity index is 2.51. The van der Waals surface area contributed by atoms with Crippen molar-refractivity contribution in [1.29, 1.82) is 0 Å². The van der Waals surface area contributed by atoms with E-state index < -0.39 is 0 Å². The van der Waals surface area contributed by atoms with Crippen LogP contribution in [-0.2, 0) is 11.3 Å². The third-order valence-corrected chi connectivity index (χ3v) is 4.09. The molecule has 0 unspecified atom stereocenters. The molecule has 0 saturated heterocycles. The summed E-state index contributed by atoms with van der Waals surface area (Å²) in [5.74, 6) is 0.826. The summed E-state index contributed by atoms with van der Waals surface area (Å²) >= 11 is 1.31. The van der Waals surface area contributed by atoms with Gasteiger partial charge in [0.2, 0.25) is 5.88 Å². The van der Waals surface area contributed by atoms with E-state index in [9.17, 15) is 4.79 Å². The molecule has 1 amide bonds. The number of nitrogens with one attached hydrogen (secondary N) is 1. The number of aryl methyl sites for hydroxylation is 1. The van der Waals surface area contributed by atoms with Crippen molar-refractivity contribution in [3.05, 3.63) is 16.3 Å². The van der Waals surface area contributed by atoms with Crippen LogP contribution in [0.4, 0.5) is 0 Å². The maximum Gasteiger partial charge on any atom is 0.261 e. The lowest BCUT2D eigenvalue weighted by Crippen LogP contribution is -2.28. The highest BCUT2D eigenvalue weighted by Gasteiger charge is 2.20. The summed E-state index contributed by atoms with van der Waals surface area (Å²) in [6, 6.07) is 0. The van der Waals surface area contributed by atoms with Crippen LogP contribution in [0.2, 0.25) is 0 Å². The molecule has 0 fully saturated rings. The van der Waals surface area contributed by atoms with E-state index in [1.54, 1.807) is 14.2 Å². The monoisotopic (exact) mass is 310 g/mol. The smallest absolute Gasteiger partial charge is 0.261 e. The Hall–Kier alpha value is -1.77. The molecule has 0 saturated carbocycles. The number of fused-ring (bicyclic) bond motifs is 1. The molecular formula is C13H18N4O3S. The quantitative estimate of drug-likeness (QED) is 0.820. The zero-order valence-corrected chi connectivity index (χ0v) is 13.0. The third kappa shape index (κ3) is 3.12. The SMILES string of the molecule is COCc1nc(OC)c2c(C)c(C(=O)NCCN)sc2n1. The number of amides is 1. The van der Waals surface area contributed by atoms with E-state index in [1.165, 1.54) is 11.3 Å². The van der Waals surface area contributed by atoms with Gasteiger partial charge < -0.3 is 20.5 Å². The Morgan fingerprint density at radius 1 is 1.38 bits per heavy atom. The van der Waals surface area contributed by atoms with Crippen LogP contribution in [-0.4, -0.2) is 43.2 Å². The van der Waals surface area contributed by atoms with Crippen molar-refractivity contribution in [2.45, 2.75) is 13.5 Å². The van der Waals surface area contributed by atoms with Crippen LogP contribution in [0.3, 0.4) is 0 Å². The molecule has 2 rings (SSSR count). The Morgan fingerprint density at radius 3 is 2.76 bits per heavy atom. The number of hydrogen-bond donors (Lipinski definition) is 2. The maximum absolute atomic E-state index is 12.1. The molecule has 3 N–H and O–H groups in total. The van der Waals surface area contributed by atoms with E-state index in [-0.39, 0.29) is 12.5 Å². The normalized spacial score (nSPS) is 10.9. The number of rotatable bonds is 6. The lowest BCUT2D eigenvalue weighted by molar-refractivity contribution is 0.0958. The summed E-state index contributed by atoms with van der Waals surface area (Å²) < 4.78 is 10.4. The van der Waals surface area contributed by atoms with E-state index in [4.69, 9.17) is 15.2 Å². The second kappa shape index (κ2) is 6.79. The Morgan fingerprint density at radius 2 is 2.14 bits per heavy atom. The molecule has 0 radical (unpaired) electrons. The second-order valence-corrected chi connectivity index (χ2v) is 5.36. The van der Waals surface area contributed by atoms with E-state index in [0.29, 0.717) is 34.5 Å². The number of hydrogen-bond acceptors (Lipinski definition) is 7. The van der Waals surface area contributed by atoms with Crippen LogP contribution in [0.25, 0.3) is 10.2 Å². The Labute approximate surface area is 126 Å². The fourth-order valence-electron chi connectivity index (χ4n) is 1.97. The standard InChI is InChI=1S/C13H18N4O3S/c1-7-9-12(20-3)16-8(6-19-2)17-13(9)21-10(7)11(18)15-5-4-14/h4-6,14H2,1-3H3,(H,15,18). The molecule has 7 nitrogen and oxygen atoms in total. The molecular weight excluding hydrogens is 292 g/mol. The van der Waals surface area contributed by atoms with Gasteiger partial charge in [-0.1, -0.05) is 0 Å². The number of carbonyl (C=O) groups excluding carboxylic acids is 1. The van der Waals surface area contributed by atoms with Crippen LogP contribution in [0.5, 0.6) is 5.88 Å². The van der Waals surface area contributed by atoms with E-state index >= 15 is 0 Å². The average molecular weight is 310 g/mol. The minimum absolute atomic E-state index is 0.156. The molecule has 2 aromatic heterocycles. The highest BCUT2D eigenvalue weighted by atomic mass is 32.1. The molecule has 2 heterocycles. The Bertz CT molecular complexity index is 656. The van der Waals surface area contributed by atoms with Crippen LogP contribution >= 0.6 is 11.3 Å². The zero-order chi connectivity index (χ0) is 15.4. The van der Waals surface area contributed by atoms with Crippen molar-refractivity contribution in [2.75, 3.05) is 27.3 Å². The lowest BCUT2D eigenvalue weighted by Gasteiger charge is -2.05. The van der Waals surface area contributed by atoms with E-state index in [2.05, 4.69) is 15.3 Å². The first-order valence-electron chi connectivity index (χ1n) is 6.43. The number of aromatic nitrogens is 2. The molecule has 0 bridgehead atoms. The molecule has 0 spiro atoms. The largest absolute Gasteiger partial charge is 0.480 e. The first-order valence-corrected chi connectivity index (χ1v) is 7.25. The number of nitrogens with zero attached hydrogens (tertiary/aromatic N) is 2. The van der Waals surface area contributed by atoms with Crippen molar-refractivity contribution in [3.63, 3.8) is 0 Å². The lowest BCUT2D eigenvalue weighted by atomic mass is 10.2. The number of ether oxygens (including phenoxy) is 2. The van der Waals surface area contributed by atoms with Crippen molar-refractivity contribution >= 4 is 27.5 Å². The van der Waals surface area contributed by atoms with Gasteiger partial charge in [-0.15, -0.1) is 11.3 Å². The fraction of sp³-hybridized carbons (Fsp3) is 0.462. The summed E-state index contributed by atoms with van der Waals surface area (Å²) in [7, 11) is 3.12. The van der Waals surface area contributed by atoms with Gasteiger partial charge in [0.15, 0.2) is 5.82 Å². The third-order valence-electron chi connectivity index (χ3n) is 2.91. The van der Waals surface area contributed by atoms with Gasteiger partial charge in [-0.2, -0.15) is 4.98 Å². The van der Waals surface area contributed by atoms with E-state index in [0.717, 1.165) is 10.9 Å². The van der Waals surface area contributed by atoms with Crippen molar-refractivity contribution in [2.24, 2.45) is 5.73 Å². The van der Waals surface area contributed by atoms with Crippen molar-refractivity contribution in [3.8, 4) is 5.88 Å². The summed E-state index contributed by atoms with van der Waals surface area (Å²) in [6.45, 7) is 2.98. The average Bonchev–Trinajstić information content (AvgIpc) is 2.81. The van der Waals surface area contributed by atoms with Crippen LogP contribution in [0, 0.1) is 6.92 Å². The Kier molecular flexibility index (Phi) is 5.05. The molecule has 0 aromatic carbocycles. The van der Waals surface area contributed by atoms with Gasteiger partial charge in [-0.25, -0.2) is 4.98 Å². The number of nitrogens with two attached hydrogens (primary N) is 1.